The van der Waals surface area contributed by atoms with E-state index in [1.807, 2.05) is 0 Å². The van der Waals surface area contributed by atoms with Crippen LogP contribution in [0.15, 0.2) is 22.9 Å². The van der Waals surface area contributed by atoms with Crippen molar-refractivity contribution in [2.45, 2.75) is 72.0 Å². The highest BCUT2D eigenvalue weighted by atomic mass is 16.7. The van der Waals surface area contributed by atoms with E-state index >= 15 is 0 Å². The first-order valence-electron chi connectivity index (χ1n) is 7.65. The third-order valence-electron chi connectivity index (χ3n) is 4.57. The lowest BCUT2D eigenvalue weighted by atomic mass is 9.78. The van der Waals surface area contributed by atoms with Crippen LogP contribution >= 0.6 is 0 Å². The second-order valence-electron chi connectivity index (χ2n) is 6.73. The summed E-state index contributed by atoms with van der Waals surface area (Å²) < 4.78 is 17.9. The van der Waals surface area contributed by atoms with Crippen LogP contribution in [0.2, 0.25) is 0 Å². The van der Waals surface area contributed by atoms with E-state index in [9.17, 15) is 0 Å². The first-order valence-corrected chi connectivity index (χ1v) is 7.65. The van der Waals surface area contributed by atoms with Crippen molar-refractivity contribution in [3.8, 4) is 0 Å². The fourth-order valence-electron chi connectivity index (χ4n) is 2.54. The van der Waals surface area contributed by atoms with Crippen LogP contribution in [0.25, 0.3) is 0 Å². The molecule has 112 valence electrons. The molecule has 1 fully saturated rings. The van der Waals surface area contributed by atoms with Gasteiger partial charge in [-0.15, -0.1) is 0 Å². The molecule has 0 bridgehead atoms. The van der Waals surface area contributed by atoms with Gasteiger partial charge < -0.3 is 14.0 Å². The standard InChI is InChI=1S/C16H27BO3/c1-7-14-13(9-8-10-18-14)11-12(2)17-19-15(3,4)16(5,6)20-17/h11H,7-10H2,1-6H3/b12-11+. The molecule has 0 spiro atoms. The van der Waals surface area contributed by atoms with E-state index in [-0.39, 0.29) is 18.3 Å². The molecule has 1 saturated heterocycles. The van der Waals surface area contributed by atoms with Crippen molar-refractivity contribution in [1.82, 2.24) is 0 Å². The average molecular weight is 278 g/mol. The molecular formula is C16H27BO3. The lowest BCUT2D eigenvalue weighted by Gasteiger charge is -2.32. The van der Waals surface area contributed by atoms with Gasteiger partial charge in [-0.25, -0.2) is 0 Å². The predicted octanol–water partition coefficient (Wildman–Crippen LogP) is 4.04. The summed E-state index contributed by atoms with van der Waals surface area (Å²) in [6.07, 6.45) is 5.31. The molecule has 0 aromatic rings. The minimum atomic E-state index is -0.280. The van der Waals surface area contributed by atoms with Crippen molar-refractivity contribution in [3.05, 3.63) is 22.9 Å². The first-order chi connectivity index (χ1) is 9.27. The van der Waals surface area contributed by atoms with Crippen molar-refractivity contribution in [2.24, 2.45) is 0 Å². The molecular weight excluding hydrogens is 251 g/mol. The van der Waals surface area contributed by atoms with E-state index in [1.165, 1.54) is 5.57 Å². The fraction of sp³-hybridized carbons (Fsp3) is 0.750. The number of rotatable bonds is 3. The van der Waals surface area contributed by atoms with Crippen LogP contribution in [0.4, 0.5) is 0 Å². The van der Waals surface area contributed by atoms with E-state index in [2.05, 4.69) is 47.6 Å². The number of ether oxygens (including phenoxy) is 1. The molecule has 3 nitrogen and oxygen atoms in total. The van der Waals surface area contributed by atoms with Crippen LogP contribution in [0, 0.1) is 0 Å². The molecule has 2 aliphatic heterocycles. The van der Waals surface area contributed by atoms with Gasteiger partial charge in [0.05, 0.1) is 23.6 Å². The maximum absolute atomic E-state index is 6.08. The van der Waals surface area contributed by atoms with Crippen molar-refractivity contribution in [3.63, 3.8) is 0 Å². The third kappa shape index (κ3) is 2.96. The minimum absolute atomic E-state index is 0.257. The molecule has 0 saturated carbocycles. The largest absolute Gasteiger partial charge is 0.498 e. The Morgan fingerprint density at radius 1 is 1.20 bits per heavy atom. The molecule has 2 heterocycles. The monoisotopic (exact) mass is 278 g/mol. The summed E-state index contributed by atoms with van der Waals surface area (Å²) in [6.45, 7) is 13.4. The summed E-state index contributed by atoms with van der Waals surface area (Å²) >= 11 is 0. The average Bonchev–Trinajstić information content (AvgIpc) is 2.59. The van der Waals surface area contributed by atoms with E-state index < -0.39 is 0 Å². The van der Waals surface area contributed by atoms with Gasteiger partial charge in [0, 0.05) is 6.42 Å². The SMILES string of the molecule is CCC1=C(/C=C(\C)B2OC(C)(C)C(C)(C)O2)CCCO1. The van der Waals surface area contributed by atoms with Gasteiger partial charge in [0.25, 0.3) is 0 Å². The van der Waals surface area contributed by atoms with E-state index in [4.69, 9.17) is 14.0 Å². The Bertz CT molecular complexity index is 419. The molecule has 0 atom stereocenters. The molecule has 2 rings (SSSR count). The molecule has 0 aromatic carbocycles. The van der Waals surface area contributed by atoms with Crippen LogP contribution in [-0.2, 0) is 14.0 Å². The Balaban J connectivity index is 2.18. The first kappa shape index (κ1) is 15.6. The summed E-state index contributed by atoms with van der Waals surface area (Å²) in [6, 6.07) is 0. The zero-order valence-corrected chi connectivity index (χ0v) is 13.7. The molecule has 0 N–H and O–H groups in total. The van der Waals surface area contributed by atoms with Crippen LogP contribution < -0.4 is 0 Å². The van der Waals surface area contributed by atoms with E-state index in [1.54, 1.807) is 0 Å². The van der Waals surface area contributed by atoms with Gasteiger partial charge in [0.15, 0.2) is 0 Å². The second kappa shape index (κ2) is 5.57. The summed E-state index contributed by atoms with van der Waals surface area (Å²) in [5.41, 5.74) is 1.86. The van der Waals surface area contributed by atoms with E-state index in [0.29, 0.717) is 0 Å². The Morgan fingerprint density at radius 3 is 2.35 bits per heavy atom. The van der Waals surface area contributed by atoms with E-state index in [0.717, 1.165) is 37.1 Å². The highest BCUT2D eigenvalue weighted by Gasteiger charge is 2.51. The van der Waals surface area contributed by atoms with Gasteiger partial charge in [-0.2, -0.15) is 0 Å². The predicted molar refractivity (Wildman–Crippen MR) is 82.3 cm³/mol. The Hall–Kier alpha value is -0.735. The zero-order valence-electron chi connectivity index (χ0n) is 13.7. The Labute approximate surface area is 123 Å². The van der Waals surface area contributed by atoms with Crippen molar-refractivity contribution < 1.29 is 14.0 Å². The minimum Gasteiger partial charge on any atom is -0.498 e. The smallest absolute Gasteiger partial charge is 0.490 e. The zero-order chi connectivity index (χ0) is 15.0. The molecule has 2 aliphatic rings. The highest BCUT2D eigenvalue weighted by Crippen LogP contribution is 2.39. The van der Waals surface area contributed by atoms with Gasteiger partial charge in [0.2, 0.25) is 0 Å². The second-order valence-corrected chi connectivity index (χ2v) is 6.73. The quantitative estimate of drug-likeness (QED) is 0.729. The highest BCUT2D eigenvalue weighted by molar-refractivity contribution is 6.54. The van der Waals surface area contributed by atoms with Crippen LogP contribution in [-0.4, -0.2) is 24.9 Å². The maximum Gasteiger partial charge on any atom is 0.490 e. The lowest BCUT2D eigenvalue weighted by molar-refractivity contribution is 0.00578. The number of allylic oxidation sites excluding steroid dienone is 4. The lowest BCUT2D eigenvalue weighted by Crippen LogP contribution is -2.41. The summed E-state index contributed by atoms with van der Waals surface area (Å²) in [4.78, 5) is 0. The molecule has 0 aromatic heterocycles. The number of hydrogen-bond acceptors (Lipinski definition) is 3. The van der Waals surface area contributed by atoms with Crippen molar-refractivity contribution in [2.75, 3.05) is 6.61 Å². The molecule has 20 heavy (non-hydrogen) atoms. The van der Waals surface area contributed by atoms with Crippen LogP contribution in [0.3, 0.4) is 0 Å². The maximum atomic E-state index is 6.08. The van der Waals surface area contributed by atoms with Gasteiger partial charge in [-0.05, 0) is 58.5 Å². The van der Waals surface area contributed by atoms with Crippen molar-refractivity contribution >= 4 is 7.12 Å². The van der Waals surface area contributed by atoms with Gasteiger partial charge >= 0.3 is 7.12 Å². The summed E-state index contributed by atoms with van der Waals surface area (Å²) in [5, 5.41) is 0. The Morgan fingerprint density at radius 2 is 1.80 bits per heavy atom. The number of hydrogen-bond donors (Lipinski definition) is 0. The molecule has 0 radical (unpaired) electrons. The molecule has 0 aliphatic carbocycles. The third-order valence-corrected chi connectivity index (χ3v) is 4.57. The fourth-order valence-corrected chi connectivity index (χ4v) is 2.54. The normalized spacial score (nSPS) is 25.9. The molecule has 0 unspecified atom stereocenters. The summed E-state index contributed by atoms with van der Waals surface area (Å²) in [5.74, 6) is 1.12. The van der Waals surface area contributed by atoms with Crippen LogP contribution in [0.1, 0.15) is 60.8 Å². The van der Waals surface area contributed by atoms with Crippen molar-refractivity contribution in [1.29, 1.82) is 0 Å². The van der Waals surface area contributed by atoms with Gasteiger partial charge in [0.1, 0.15) is 0 Å². The molecule has 4 heteroatoms. The molecule has 0 amide bonds. The topological polar surface area (TPSA) is 27.7 Å². The summed E-state index contributed by atoms with van der Waals surface area (Å²) in [7, 11) is -0.257. The van der Waals surface area contributed by atoms with Gasteiger partial charge in [-0.1, -0.05) is 13.0 Å². The van der Waals surface area contributed by atoms with Gasteiger partial charge in [-0.3, -0.25) is 0 Å². The van der Waals surface area contributed by atoms with Crippen LogP contribution in [0.5, 0.6) is 0 Å². The Kier molecular flexibility index (Phi) is 4.36.